The molecule has 1 aromatic rings. The first-order valence-corrected chi connectivity index (χ1v) is 5.06. The third-order valence-electron chi connectivity index (χ3n) is 3.28. The summed E-state index contributed by atoms with van der Waals surface area (Å²) in [6.07, 6.45) is 4.15. The molecular weight excluding hydrogens is 160 g/mol. The molecule has 1 fully saturated rings. The highest BCUT2D eigenvalue weighted by molar-refractivity contribution is 5.28. The first-order chi connectivity index (χ1) is 6.27. The van der Waals surface area contributed by atoms with Crippen molar-refractivity contribution in [2.45, 2.75) is 32.1 Å². The number of phenols is 1. The molecule has 1 aliphatic carbocycles. The van der Waals surface area contributed by atoms with Crippen LogP contribution in [-0.4, -0.2) is 5.11 Å². The van der Waals surface area contributed by atoms with Crippen molar-refractivity contribution < 1.29 is 5.11 Å². The summed E-state index contributed by atoms with van der Waals surface area (Å²) in [4.78, 5) is 0. The van der Waals surface area contributed by atoms with E-state index < -0.39 is 0 Å². The summed E-state index contributed by atoms with van der Waals surface area (Å²) >= 11 is 0. The minimum atomic E-state index is 0.365. The van der Waals surface area contributed by atoms with E-state index in [2.05, 4.69) is 6.92 Å². The van der Waals surface area contributed by atoms with Crippen LogP contribution in [0.15, 0.2) is 24.3 Å². The van der Waals surface area contributed by atoms with Gasteiger partial charge in [-0.2, -0.15) is 0 Å². The zero-order valence-corrected chi connectivity index (χ0v) is 8.03. The average molecular weight is 176 g/mol. The lowest BCUT2D eigenvalue weighted by Crippen LogP contribution is -2.17. The first kappa shape index (κ1) is 8.61. The van der Waals surface area contributed by atoms with Crippen LogP contribution in [0.25, 0.3) is 0 Å². The maximum absolute atomic E-state index is 9.15. The molecule has 1 nitrogen and oxygen atoms in total. The lowest BCUT2D eigenvalue weighted by molar-refractivity contribution is 0.272. The third kappa shape index (κ3) is 1.69. The Hall–Kier alpha value is -0.980. The van der Waals surface area contributed by atoms with Crippen LogP contribution in [0.3, 0.4) is 0 Å². The Morgan fingerprint density at radius 1 is 1.23 bits per heavy atom. The molecular formula is C12H16O. The van der Waals surface area contributed by atoms with Gasteiger partial charge in [0.1, 0.15) is 5.75 Å². The predicted octanol–water partition coefficient (Wildman–Crippen LogP) is 3.30. The van der Waals surface area contributed by atoms with Gasteiger partial charge in [-0.05, 0) is 42.4 Å². The summed E-state index contributed by atoms with van der Waals surface area (Å²) in [7, 11) is 0. The number of hydrogen-bond acceptors (Lipinski definition) is 1. The van der Waals surface area contributed by atoms with Crippen LogP contribution in [0.4, 0.5) is 0 Å². The lowest BCUT2D eigenvalue weighted by Gasteiger charge is -2.31. The molecule has 70 valence electrons. The van der Waals surface area contributed by atoms with Crippen molar-refractivity contribution in [3.63, 3.8) is 0 Å². The van der Waals surface area contributed by atoms with Gasteiger partial charge in [0.25, 0.3) is 0 Å². The summed E-state index contributed by atoms with van der Waals surface area (Å²) < 4.78 is 0. The zero-order chi connectivity index (χ0) is 9.26. The molecule has 13 heavy (non-hydrogen) atoms. The highest BCUT2D eigenvalue weighted by Crippen LogP contribution is 2.39. The van der Waals surface area contributed by atoms with Gasteiger partial charge in [0.05, 0.1) is 0 Å². The third-order valence-corrected chi connectivity index (χ3v) is 3.28. The Bertz CT molecular complexity index is 272. The van der Waals surface area contributed by atoms with E-state index in [1.54, 1.807) is 12.1 Å². The van der Waals surface area contributed by atoms with Gasteiger partial charge in [0.15, 0.2) is 0 Å². The Morgan fingerprint density at radius 2 is 1.85 bits per heavy atom. The molecule has 0 bridgehead atoms. The highest BCUT2D eigenvalue weighted by atomic mass is 16.3. The number of phenolic OH excluding ortho intramolecular Hbond substituents is 1. The van der Waals surface area contributed by atoms with Gasteiger partial charge in [-0.15, -0.1) is 0 Å². The molecule has 1 heteroatoms. The molecule has 1 aliphatic rings. The van der Waals surface area contributed by atoms with E-state index in [-0.39, 0.29) is 0 Å². The second kappa shape index (κ2) is 3.41. The van der Waals surface area contributed by atoms with E-state index >= 15 is 0 Å². The smallest absolute Gasteiger partial charge is 0.115 e. The van der Waals surface area contributed by atoms with Gasteiger partial charge >= 0.3 is 0 Å². The van der Waals surface area contributed by atoms with Crippen molar-refractivity contribution in [3.8, 4) is 5.75 Å². The minimum absolute atomic E-state index is 0.365. The molecule has 0 spiro atoms. The Kier molecular flexibility index (Phi) is 2.26. The van der Waals surface area contributed by atoms with Gasteiger partial charge in [-0.25, -0.2) is 0 Å². The summed E-state index contributed by atoms with van der Waals surface area (Å²) in [6, 6.07) is 7.64. The molecule has 2 rings (SSSR count). The van der Waals surface area contributed by atoms with Crippen LogP contribution in [0, 0.1) is 5.92 Å². The molecule has 1 unspecified atom stereocenters. The molecule has 0 amide bonds. The molecule has 1 atom stereocenters. The SMILES string of the molecule is CC(c1ccc(O)cc1)C1CCC1. The molecule has 0 aliphatic heterocycles. The van der Waals surface area contributed by atoms with E-state index in [9.17, 15) is 0 Å². The Morgan fingerprint density at radius 3 is 2.31 bits per heavy atom. The van der Waals surface area contributed by atoms with Gasteiger partial charge in [-0.3, -0.25) is 0 Å². The zero-order valence-electron chi connectivity index (χ0n) is 8.03. The van der Waals surface area contributed by atoms with Crippen molar-refractivity contribution in [2.75, 3.05) is 0 Å². The van der Waals surface area contributed by atoms with Gasteiger partial charge in [0, 0.05) is 0 Å². The van der Waals surface area contributed by atoms with Crippen LogP contribution >= 0.6 is 0 Å². The minimum Gasteiger partial charge on any atom is -0.508 e. The first-order valence-electron chi connectivity index (χ1n) is 5.06. The molecule has 1 N–H and O–H groups in total. The van der Waals surface area contributed by atoms with Crippen LogP contribution in [0.5, 0.6) is 5.75 Å². The molecule has 0 saturated heterocycles. The molecule has 0 aromatic heterocycles. The van der Waals surface area contributed by atoms with Gasteiger partial charge < -0.3 is 5.11 Å². The normalized spacial score (nSPS) is 19.5. The quantitative estimate of drug-likeness (QED) is 0.733. The molecule has 1 aromatic carbocycles. The average Bonchev–Trinajstić information content (AvgIpc) is 2.02. The Labute approximate surface area is 79.4 Å². The van der Waals surface area contributed by atoms with Gasteiger partial charge in [0.2, 0.25) is 0 Å². The fourth-order valence-corrected chi connectivity index (χ4v) is 1.99. The maximum atomic E-state index is 9.15. The fraction of sp³-hybridized carbons (Fsp3) is 0.500. The summed E-state index contributed by atoms with van der Waals surface area (Å²) in [5.74, 6) is 1.91. The van der Waals surface area contributed by atoms with E-state index in [0.717, 1.165) is 5.92 Å². The van der Waals surface area contributed by atoms with Crippen molar-refractivity contribution in [2.24, 2.45) is 5.92 Å². The summed E-state index contributed by atoms with van der Waals surface area (Å²) in [6.45, 7) is 2.29. The number of benzene rings is 1. The van der Waals surface area contributed by atoms with Crippen molar-refractivity contribution in [1.29, 1.82) is 0 Å². The maximum Gasteiger partial charge on any atom is 0.115 e. The second-order valence-electron chi connectivity index (χ2n) is 4.07. The molecule has 0 radical (unpaired) electrons. The van der Waals surface area contributed by atoms with Crippen LogP contribution in [0.1, 0.15) is 37.7 Å². The van der Waals surface area contributed by atoms with E-state index in [4.69, 9.17) is 5.11 Å². The summed E-state index contributed by atoms with van der Waals surface area (Å²) in [5.41, 5.74) is 1.36. The van der Waals surface area contributed by atoms with Crippen molar-refractivity contribution >= 4 is 0 Å². The molecule has 1 saturated carbocycles. The lowest BCUT2D eigenvalue weighted by atomic mass is 9.74. The van der Waals surface area contributed by atoms with Crippen LogP contribution in [0.2, 0.25) is 0 Å². The molecule has 0 heterocycles. The Balaban J connectivity index is 2.10. The van der Waals surface area contributed by atoms with E-state index in [1.807, 2.05) is 12.1 Å². The highest BCUT2D eigenvalue weighted by Gasteiger charge is 2.24. The van der Waals surface area contributed by atoms with Crippen LogP contribution < -0.4 is 0 Å². The second-order valence-corrected chi connectivity index (χ2v) is 4.07. The number of rotatable bonds is 2. The number of hydrogen-bond donors (Lipinski definition) is 1. The van der Waals surface area contributed by atoms with Crippen molar-refractivity contribution in [3.05, 3.63) is 29.8 Å². The van der Waals surface area contributed by atoms with Gasteiger partial charge in [-0.1, -0.05) is 25.5 Å². The largest absolute Gasteiger partial charge is 0.508 e. The number of aromatic hydroxyl groups is 1. The predicted molar refractivity (Wildman–Crippen MR) is 53.9 cm³/mol. The fourth-order valence-electron chi connectivity index (χ4n) is 1.99. The van der Waals surface area contributed by atoms with Crippen molar-refractivity contribution in [1.82, 2.24) is 0 Å². The monoisotopic (exact) mass is 176 g/mol. The van der Waals surface area contributed by atoms with E-state index in [0.29, 0.717) is 11.7 Å². The standard InChI is InChI=1S/C12H16O/c1-9(10-3-2-4-10)11-5-7-12(13)8-6-11/h5-10,13H,2-4H2,1H3. The summed E-state index contributed by atoms with van der Waals surface area (Å²) in [5, 5.41) is 9.15. The van der Waals surface area contributed by atoms with E-state index in [1.165, 1.54) is 24.8 Å². The topological polar surface area (TPSA) is 20.2 Å². The van der Waals surface area contributed by atoms with Crippen LogP contribution in [-0.2, 0) is 0 Å².